The Morgan fingerprint density at radius 2 is 1.61 bits per heavy atom. The second-order valence-electron chi connectivity index (χ2n) is 12.6. The van der Waals surface area contributed by atoms with Crippen LogP contribution in [-0.4, -0.2) is 155 Å². The summed E-state index contributed by atoms with van der Waals surface area (Å²) in [7, 11) is 2.98. The minimum absolute atomic E-state index is 0.451. The topological polar surface area (TPSA) is 245 Å². The minimum Gasteiger partial charge on any atom is -0.493 e. The van der Waals surface area contributed by atoms with Gasteiger partial charge in [0.05, 0.1) is 51.8 Å². The molecular formula is C32H42O17. The van der Waals surface area contributed by atoms with Gasteiger partial charge in [0.1, 0.15) is 48.3 Å². The third-order valence-corrected chi connectivity index (χ3v) is 9.74. The molecule has 6 rings (SSSR count). The number of hydrogen-bond donors (Lipinski definition) is 7. The Labute approximate surface area is 280 Å². The maximum absolute atomic E-state index is 12.8. The third kappa shape index (κ3) is 6.55. The molecule has 7 N–H and O–H groups in total. The van der Waals surface area contributed by atoms with Crippen LogP contribution in [0.4, 0.5) is 0 Å². The molecule has 17 heteroatoms. The number of fused-ring (bicyclic) bond motifs is 3. The normalized spacial score (nSPS) is 44.2. The molecule has 1 saturated carbocycles. The zero-order valence-electron chi connectivity index (χ0n) is 26.8. The zero-order valence-corrected chi connectivity index (χ0v) is 26.8. The highest BCUT2D eigenvalue weighted by Crippen LogP contribution is 2.61. The van der Waals surface area contributed by atoms with Crippen LogP contribution in [0.2, 0.25) is 0 Å². The summed E-state index contributed by atoms with van der Waals surface area (Å²) >= 11 is 0. The largest absolute Gasteiger partial charge is 0.493 e. The first-order valence-electron chi connectivity index (χ1n) is 15.8. The van der Waals surface area contributed by atoms with Crippen molar-refractivity contribution in [3.63, 3.8) is 0 Å². The first-order chi connectivity index (χ1) is 23.5. The summed E-state index contributed by atoms with van der Waals surface area (Å²) in [5.41, 5.74) is -0.632. The quantitative estimate of drug-likeness (QED) is 0.0720. The number of carbonyl (C=O) groups excluding carboxylic acids is 1. The van der Waals surface area contributed by atoms with Crippen LogP contribution in [0.5, 0.6) is 11.5 Å². The Kier molecular flexibility index (Phi) is 10.5. The van der Waals surface area contributed by atoms with Crippen molar-refractivity contribution < 1.29 is 83.2 Å². The Hall–Kier alpha value is -2.91. The lowest BCUT2D eigenvalue weighted by Gasteiger charge is -2.44. The molecule has 4 fully saturated rings. The van der Waals surface area contributed by atoms with Gasteiger partial charge >= 0.3 is 5.97 Å². The molecule has 0 unspecified atom stereocenters. The molecule has 272 valence electrons. The van der Waals surface area contributed by atoms with Crippen LogP contribution in [0.15, 0.2) is 36.6 Å². The van der Waals surface area contributed by atoms with Gasteiger partial charge in [-0.3, -0.25) is 0 Å². The zero-order chi connectivity index (χ0) is 35.2. The van der Waals surface area contributed by atoms with E-state index in [0.717, 1.165) is 6.08 Å². The number of benzene rings is 1. The molecule has 0 radical (unpaired) electrons. The number of aliphatic hydroxyl groups is 7. The first kappa shape index (κ1) is 35.9. The van der Waals surface area contributed by atoms with Gasteiger partial charge in [0.2, 0.25) is 6.29 Å². The van der Waals surface area contributed by atoms with Crippen LogP contribution in [0.1, 0.15) is 12.5 Å². The molecule has 0 spiro atoms. The molecular weight excluding hydrogens is 656 g/mol. The summed E-state index contributed by atoms with van der Waals surface area (Å²) in [5, 5.41) is 72.9. The lowest BCUT2D eigenvalue weighted by Crippen LogP contribution is -2.60. The maximum atomic E-state index is 12.8. The second-order valence-corrected chi connectivity index (χ2v) is 12.6. The van der Waals surface area contributed by atoms with Crippen molar-refractivity contribution >= 4 is 12.0 Å². The van der Waals surface area contributed by atoms with Crippen molar-refractivity contribution in [3.8, 4) is 11.5 Å². The van der Waals surface area contributed by atoms with Crippen molar-refractivity contribution in [3.05, 3.63) is 42.2 Å². The summed E-state index contributed by atoms with van der Waals surface area (Å²) in [5.74, 6) is -1.23. The van der Waals surface area contributed by atoms with Gasteiger partial charge in [-0.15, -0.1) is 0 Å². The molecule has 16 atom stereocenters. The third-order valence-electron chi connectivity index (χ3n) is 9.74. The fraction of sp³-hybridized carbons (Fsp3) is 0.656. The molecule has 1 aliphatic carbocycles. The van der Waals surface area contributed by atoms with Gasteiger partial charge in [0, 0.05) is 12.0 Å². The van der Waals surface area contributed by atoms with E-state index in [4.69, 9.17) is 42.6 Å². The number of rotatable bonds is 11. The summed E-state index contributed by atoms with van der Waals surface area (Å²) in [6.45, 7) is 0.376. The summed E-state index contributed by atoms with van der Waals surface area (Å²) in [6.07, 6.45) is -11.8. The second kappa shape index (κ2) is 14.4. The smallest absolute Gasteiger partial charge is 0.331 e. The van der Waals surface area contributed by atoms with E-state index >= 15 is 0 Å². The van der Waals surface area contributed by atoms with Crippen LogP contribution >= 0.6 is 0 Å². The van der Waals surface area contributed by atoms with Crippen LogP contribution in [0.25, 0.3) is 6.08 Å². The highest BCUT2D eigenvalue weighted by Gasteiger charge is 2.77. The molecule has 5 aliphatic rings. The first-order valence-corrected chi connectivity index (χ1v) is 15.8. The number of epoxide rings is 1. The number of ether oxygens (including phenoxy) is 9. The molecule has 0 aromatic heterocycles. The number of carbonyl (C=O) groups is 1. The van der Waals surface area contributed by atoms with Crippen LogP contribution in [0.3, 0.4) is 0 Å². The minimum atomic E-state index is -1.70. The van der Waals surface area contributed by atoms with E-state index in [-0.39, 0.29) is 0 Å². The van der Waals surface area contributed by atoms with E-state index < -0.39 is 117 Å². The van der Waals surface area contributed by atoms with E-state index in [1.54, 1.807) is 24.3 Å². The highest BCUT2D eigenvalue weighted by atomic mass is 16.8. The van der Waals surface area contributed by atoms with Gasteiger partial charge in [-0.25, -0.2) is 4.79 Å². The predicted octanol–water partition coefficient (Wildman–Crippen LogP) is -2.46. The SMILES string of the molecule is COc1ccc(/C=C/C(=O)O[C@@H]2[C@@H](O)[C@H](C)O[C@@H](O[C@@H]3[C@@H]4C=CO[C@H](O[C@@H]5O[C@H](CO)[C@@H](O)[C@H](O)[C@H]5O)[C@@H]4[C@@]4(CO)O[C@@H]34)[C@@H]2O)cc1OC. The summed E-state index contributed by atoms with van der Waals surface area (Å²) in [4.78, 5) is 12.8. The molecule has 4 aliphatic heterocycles. The molecule has 1 aromatic rings. The van der Waals surface area contributed by atoms with Gasteiger partial charge in [-0.05, 0) is 36.8 Å². The molecule has 0 bridgehead atoms. The van der Waals surface area contributed by atoms with E-state index in [2.05, 4.69) is 0 Å². The van der Waals surface area contributed by atoms with Gasteiger partial charge in [0.25, 0.3) is 0 Å². The summed E-state index contributed by atoms with van der Waals surface area (Å²) < 4.78 is 51.0. The Morgan fingerprint density at radius 1 is 0.878 bits per heavy atom. The monoisotopic (exact) mass is 698 g/mol. The van der Waals surface area contributed by atoms with Crippen LogP contribution in [-0.2, 0) is 38.0 Å². The maximum Gasteiger partial charge on any atom is 0.331 e. The standard InChI is InChI=1S/C32H42O17/c1-13-21(36)27(46-19(35)7-5-14-4-6-16(41-2)17(10-14)42-3)25(40)31(44-13)47-26-15-8-9-43-29(20(15)32(12-34)28(26)49-32)48-30-24(39)23(38)22(37)18(11-33)45-30/h4-10,13,15,18,20-31,33-34,36-40H,11-12H2,1-3H3/b7-5+/t13-,15+,18+,20+,21-,22+,23-,24+,25+,26+,27+,28-,29+,30-,31-,32+/m0/s1. The van der Waals surface area contributed by atoms with E-state index in [1.807, 2.05) is 0 Å². The van der Waals surface area contributed by atoms with Crippen molar-refractivity contribution in [1.82, 2.24) is 0 Å². The molecule has 3 saturated heterocycles. The highest BCUT2D eigenvalue weighted by molar-refractivity contribution is 5.87. The number of aliphatic hydroxyl groups excluding tert-OH is 7. The fourth-order valence-electron chi connectivity index (χ4n) is 7.01. The number of hydrogen-bond acceptors (Lipinski definition) is 17. The average molecular weight is 699 g/mol. The van der Waals surface area contributed by atoms with Gasteiger partial charge in [0.15, 0.2) is 30.2 Å². The Balaban J connectivity index is 1.14. The molecule has 17 nitrogen and oxygen atoms in total. The molecule has 49 heavy (non-hydrogen) atoms. The lowest BCUT2D eigenvalue weighted by atomic mass is 9.85. The van der Waals surface area contributed by atoms with Gasteiger partial charge in [-0.1, -0.05) is 6.07 Å². The Bertz CT molecular complexity index is 1390. The molecule has 0 amide bonds. The number of esters is 1. The number of methoxy groups -OCH3 is 2. The van der Waals surface area contributed by atoms with Gasteiger partial charge < -0.3 is 78.4 Å². The van der Waals surface area contributed by atoms with Crippen LogP contribution in [0, 0.1) is 11.8 Å². The van der Waals surface area contributed by atoms with Gasteiger partial charge in [-0.2, -0.15) is 0 Å². The average Bonchev–Trinajstić information content (AvgIpc) is 3.78. The van der Waals surface area contributed by atoms with Crippen molar-refractivity contribution in [2.45, 2.75) is 92.4 Å². The molecule has 1 aromatic carbocycles. The van der Waals surface area contributed by atoms with Crippen molar-refractivity contribution in [2.75, 3.05) is 27.4 Å². The van der Waals surface area contributed by atoms with E-state index in [0.29, 0.717) is 17.1 Å². The van der Waals surface area contributed by atoms with Crippen molar-refractivity contribution in [2.24, 2.45) is 11.8 Å². The predicted molar refractivity (Wildman–Crippen MR) is 160 cm³/mol. The molecule has 4 heterocycles. The summed E-state index contributed by atoms with van der Waals surface area (Å²) in [6, 6.07) is 5.01. The lowest BCUT2D eigenvalue weighted by molar-refractivity contribution is -0.347. The van der Waals surface area contributed by atoms with E-state index in [9.17, 15) is 40.5 Å². The van der Waals surface area contributed by atoms with E-state index in [1.165, 1.54) is 33.5 Å². The fourth-order valence-corrected chi connectivity index (χ4v) is 7.01. The Morgan fingerprint density at radius 3 is 2.31 bits per heavy atom. The van der Waals surface area contributed by atoms with Crippen LogP contribution < -0.4 is 9.47 Å². The van der Waals surface area contributed by atoms with Crippen molar-refractivity contribution in [1.29, 1.82) is 0 Å².